The summed E-state index contributed by atoms with van der Waals surface area (Å²) in [5, 5.41) is 0. The minimum atomic E-state index is -0.221. The number of rotatable bonds is 5. The van der Waals surface area contributed by atoms with Crippen LogP contribution in [-0.4, -0.2) is 24.7 Å². The number of nitrogens with zero attached hydrogens (tertiary/aromatic N) is 2. The number of aryl methyl sites for hydroxylation is 2. The number of carbonyl (C=O) groups is 1. The van der Waals surface area contributed by atoms with Crippen molar-refractivity contribution < 1.29 is 14.3 Å². The lowest BCUT2D eigenvalue weighted by atomic mass is 9.90. The van der Waals surface area contributed by atoms with E-state index in [1.807, 2.05) is 28.8 Å². The average molecular weight is 409 g/mol. The van der Waals surface area contributed by atoms with Gasteiger partial charge in [-0.1, -0.05) is 23.5 Å². The number of methoxy groups -OCH3 is 2. The van der Waals surface area contributed by atoms with Crippen molar-refractivity contribution in [2.75, 3.05) is 14.2 Å². The topological polar surface area (TPSA) is 52.8 Å². The zero-order valence-electron chi connectivity index (χ0n) is 16.7. The zero-order chi connectivity index (χ0) is 20.4. The van der Waals surface area contributed by atoms with Gasteiger partial charge in [0.1, 0.15) is 0 Å². The molecule has 0 N–H and O–H groups in total. The molecule has 5 nitrogen and oxygen atoms in total. The molecule has 0 saturated heterocycles. The number of allylic oxidation sites excluding steroid dienone is 1. The van der Waals surface area contributed by atoms with E-state index >= 15 is 0 Å². The second-order valence-corrected chi connectivity index (χ2v) is 8.08. The number of hydrogen-bond donors (Lipinski definition) is 0. The van der Waals surface area contributed by atoms with Crippen molar-refractivity contribution >= 4 is 27.5 Å². The second kappa shape index (κ2) is 8.25. The maximum Gasteiger partial charge on any atom is 0.279 e. The predicted octanol–water partition coefficient (Wildman–Crippen LogP) is 4.53. The first-order chi connectivity index (χ1) is 14.1. The SMILES string of the molecule is C=CCn1c(=NC(=O)c2ccc3c(c2)CCCC3)sc2cc(OC)c(OC)cc21. The fourth-order valence-corrected chi connectivity index (χ4v) is 4.85. The average Bonchev–Trinajstić information content (AvgIpc) is 3.08. The number of carbonyl (C=O) groups excluding carboxylic acids is 1. The number of aromatic nitrogens is 1. The number of benzene rings is 2. The van der Waals surface area contributed by atoms with Gasteiger partial charge in [0.2, 0.25) is 0 Å². The Morgan fingerprint density at radius 2 is 1.86 bits per heavy atom. The third kappa shape index (κ3) is 3.72. The van der Waals surface area contributed by atoms with Crippen LogP contribution in [0.5, 0.6) is 11.5 Å². The van der Waals surface area contributed by atoms with Crippen LogP contribution in [0.1, 0.15) is 34.3 Å². The van der Waals surface area contributed by atoms with Crippen LogP contribution in [-0.2, 0) is 19.4 Å². The molecule has 150 valence electrons. The number of ether oxygens (including phenoxy) is 2. The Hall–Kier alpha value is -2.86. The van der Waals surface area contributed by atoms with E-state index in [1.54, 1.807) is 20.3 Å². The highest BCUT2D eigenvalue weighted by Gasteiger charge is 2.15. The third-order valence-electron chi connectivity index (χ3n) is 5.29. The summed E-state index contributed by atoms with van der Waals surface area (Å²) in [6.45, 7) is 4.39. The minimum absolute atomic E-state index is 0.221. The quantitative estimate of drug-likeness (QED) is 0.583. The molecule has 3 aromatic rings. The summed E-state index contributed by atoms with van der Waals surface area (Å²) in [5.74, 6) is 1.07. The van der Waals surface area contributed by atoms with Crippen LogP contribution in [0.25, 0.3) is 10.2 Å². The Balaban J connectivity index is 1.81. The molecule has 0 fully saturated rings. The van der Waals surface area contributed by atoms with E-state index in [0.717, 1.165) is 23.1 Å². The molecule has 1 aromatic heterocycles. The van der Waals surface area contributed by atoms with E-state index < -0.39 is 0 Å². The summed E-state index contributed by atoms with van der Waals surface area (Å²) >= 11 is 1.46. The third-order valence-corrected chi connectivity index (χ3v) is 6.33. The van der Waals surface area contributed by atoms with Crippen LogP contribution >= 0.6 is 11.3 Å². The molecule has 0 aliphatic heterocycles. The molecule has 0 radical (unpaired) electrons. The first kappa shape index (κ1) is 19.5. The fourth-order valence-electron chi connectivity index (χ4n) is 3.81. The highest BCUT2D eigenvalue weighted by atomic mass is 32.1. The van der Waals surface area contributed by atoms with Gasteiger partial charge in [-0.15, -0.1) is 6.58 Å². The van der Waals surface area contributed by atoms with E-state index in [-0.39, 0.29) is 5.91 Å². The van der Waals surface area contributed by atoms with Gasteiger partial charge in [-0.05, 0) is 48.9 Å². The van der Waals surface area contributed by atoms with Crippen LogP contribution in [0.2, 0.25) is 0 Å². The monoisotopic (exact) mass is 408 g/mol. The van der Waals surface area contributed by atoms with E-state index in [0.29, 0.717) is 28.4 Å². The van der Waals surface area contributed by atoms with Gasteiger partial charge < -0.3 is 14.0 Å². The predicted molar refractivity (Wildman–Crippen MR) is 116 cm³/mol. The first-order valence-corrected chi connectivity index (χ1v) is 10.5. The molecule has 0 spiro atoms. The zero-order valence-corrected chi connectivity index (χ0v) is 17.6. The van der Waals surface area contributed by atoms with Crippen LogP contribution in [0, 0.1) is 0 Å². The van der Waals surface area contributed by atoms with E-state index in [9.17, 15) is 4.79 Å². The van der Waals surface area contributed by atoms with E-state index in [4.69, 9.17) is 9.47 Å². The molecule has 1 heterocycles. The van der Waals surface area contributed by atoms with Gasteiger partial charge in [-0.3, -0.25) is 4.79 Å². The molecule has 1 aliphatic carbocycles. The van der Waals surface area contributed by atoms with E-state index in [1.165, 1.54) is 35.3 Å². The molecule has 1 aliphatic rings. The molecule has 0 saturated carbocycles. The van der Waals surface area contributed by atoms with Crippen molar-refractivity contribution in [2.24, 2.45) is 4.99 Å². The molecule has 2 aromatic carbocycles. The van der Waals surface area contributed by atoms with Gasteiger partial charge in [0.25, 0.3) is 5.91 Å². The van der Waals surface area contributed by atoms with Crippen molar-refractivity contribution in [3.8, 4) is 11.5 Å². The molecular formula is C23H24N2O3S. The molecule has 6 heteroatoms. The van der Waals surface area contributed by atoms with Gasteiger partial charge in [0.05, 0.1) is 24.4 Å². The molecule has 0 bridgehead atoms. The Labute approximate surface area is 173 Å². The summed E-state index contributed by atoms with van der Waals surface area (Å²) in [5.41, 5.74) is 4.21. The van der Waals surface area contributed by atoms with Crippen molar-refractivity contribution in [1.82, 2.24) is 4.57 Å². The minimum Gasteiger partial charge on any atom is -0.493 e. The van der Waals surface area contributed by atoms with E-state index in [2.05, 4.69) is 17.6 Å². The smallest absolute Gasteiger partial charge is 0.279 e. The first-order valence-electron chi connectivity index (χ1n) is 9.71. The van der Waals surface area contributed by atoms with Crippen LogP contribution in [0.4, 0.5) is 0 Å². The van der Waals surface area contributed by atoms with Crippen molar-refractivity contribution in [3.05, 3.63) is 64.5 Å². The van der Waals surface area contributed by atoms with Gasteiger partial charge in [0.15, 0.2) is 16.3 Å². The van der Waals surface area contributed by atoms with Gasteiger partial charge in [-0.25, -0.2) is 0 Å². The van der Waals surface area contributed by atoms with Crippen LogP contribution in [0.3, 0.4) is 0 Å². The number of amides is 1. The van der Waals surface area contributed by atoms with Crippen LogP contribution in [0.15, 0.2) is 48.0 Å². The van der Waals surface area contributed by atoms with Crippen LogP contribution < -0.4 is 14.3 Å². The largest absolute Gasteiger partial charge is 0.493 e. The summed E-state index contributed by atoms with van der Waals surface area (Å²) in [4.78, 5) is 18.0. The van der Waals surface area contributed by atoms with Crippen molar-refractivity contribution in [1.29, 1.82) is 0 Å². The summed E-state index contributed by atoms with van der Waals surface area (Å²) in [6.07, 6.45) is 6.34. The summed E-state index contributed by atoms with van der Waals surface area (Å²) in [7, 11) is 3.22. The van der Waals surface area contributed by atoms with Gasteiger partial charge >= 0.3 is 0 Å². The Morgan fingerprint density at radius 1 is 1.14 bits per heavy atom. The highest BCUT2D eigenvalue weighted by Crippen LogP contribution is 2.33. The lowest BCUT2D eigenvalue weighted by Crippen LogP contribution is -2.16. The molecular weight excluding hydrogens is 384 g/mol. The van der Waals surface area contributed by atoms with Crippen molar-refractivity contribution in [3.63, 3.8) is 0 Å². The highest BCUT2D eigenvalue weighted by molar-refractivity contribution is 7.16. The Bertz CT molecular complexity index is 1160. The lowest BCUT2D eigenvalue weighted by molar-refractivity contribution is 0.0997. The maximum atomic E-state index is 12.9. The lowest BCUT2D eigenvalue weighted by Gasteiger charge is -2.15. The molecule has 0 atom stereocenters. The Kier molecular flexibility index (Phi) is 5.53. The summed E-state index contributed by atoms with van der Waals surface area (Å²) < 4.78 is 13.8. The molecule has 4 rings (SSSR count). The molecule has 0 unspecified atom stereocenters. The van der Waals surface area contributed by atoms with Gasteiger partial charge in [0, 0.05) is 24.2 Å². The standard InChI is InChI=1S/C23H24N2O3S/c1-4-11-25-18-13-19(27-2)20(28-3)14-21(18)29-23(25)24-22(26)17-10-9-15-7-5-6-8-16(15)12-17/h4,9-10,12-14H,1,5-8,11H2,2-3H3. The number of hydrogen-bond acceptors (Lipinski definition) is 4. The summed E-state index contributed by atoms with van der Waals surface area (Å²) in [6, 6.07) is 9.82. The fraction of sp³-hybridized carbons (Fsp3) is 0.304. The normalized spacial score (nSPS) is 13.9. The molecule has 29 heavy (non-hydrogen) atoms. The number of fused-ring (bicyclic) bond motifs is 2. The second-order valence-electron chi connectivity index (χ2n) is 7.07. The number of thiazole rings is 1. The maximum absolute atomic E-state index is 12.9. The van der Waals surface area contributed by atoms with Gasteiger partial charge in [-0.2, -0.15) is 4.99 Å². The molecule has 1 amide bonds. The van der Waals surface area contributed by atoms with Crippen molar-refractivity contribution in [2.45, 2.75) is 32.2 Å². The Morgan fingerprint density at radius 3 is 2.59 bits per heavy atom.